The van der Waals surface area contributed by atoms with E-state index in [2.05, 4.69) is 49.9 Å². The third kappa shape index (κ3) is 3.67. The molecule has 6 heteroatoms. The van der Waals surface area contributed by atoms with Crippen molar-refractivity contribution in [1.82, 2.24) is 9.88 Å². The Kier molecular flexibility index (Phi) is 5.93. The van der Waals surface area contributed by atoms with Gasteiger partial charge in [-0.3, -0.25) is 9.69 Å². The van der Waals surface area contributed by atoms with E-state index in [1.165, 1.54) is 35.1 Å². The summed E-state index contributed by atoms with van der Waals surface area (Å²) in [7, 11) is 4.17. The number of carbonyl (C=O) groups excluding carboxylic acids is 1. The number of aromatic nitrogens is 1. The third-order valence-electron chi connectivity index (χ3n) is 7.81. The maximum atomic E-state index is 14.1. The summed E-state index contributed by atoms with van der Waals surface area (Å²) in [6.45, 7) is 5.88. The number of halogens is 1. The van der Waals surface area contributed by atoms with Crippen LogP contribution in [-0.4, -0.2) is 43.0 Å². The summed E-state index contributed by atoms with van der Waals surface area (Å²) >= 11 is 1.69. The Bertz CT molecular complexity index is 918. The van der Waals surface area contributed by atoms with Gasteiger partial charge in [0, 0.05) is 13.1 Å². The van der Waals surface area contributed by atoms with Crippen LogP contribution in [0.25, 0.3) is 10.2 Å². The number of aryl methyl sites for hydroxylation is 2. The van der Waals surface area contributed by atoms with Gasteiger partial charge in [-0.2, -0.15) is 0 Å². The van der Waals surface area contributed by atoms with Gasteiger partial charge in [-0.05, 0) is 101 Å². The first-order chi connectivity index (χ1) is 13.8. The Labute approximate surface area is 190 Å². The molecular weight excluding hydrogens is 414 g/mol. The van der Waals surface area contributed by atoms with Gasteiger partial charge < -0.3 is 4.90 Å². The lowest BCUT2D eigenvalue weighted by molar-refractivity contribution is -0.143. The Balaban J connectivity index is 0.00000218. The molecule has 30 heavy (non-hydrogen) atoms. The van der Waals surface area contributed by atoms with Gasteiger partial charge in [-0.15, -0.1) is 12.4 Å². The largest absolute Gasteiger partial charge is 0.308 e. The lowest BCUT2D eigenvalue weighted by Crippen LogP contribution is -2.55. The number of hydrogen-bond acceptors (Lipinski definition) is 4. The molecule has 0 atom stereocenters. The molecular formula is C24H34ClN3OS. The molecule has 0 unspecified atom stereocenters. The molecule has 4 nitrogen and oxygen atoms in total. The van der Waals surface area contributed by atoms with Crippen molar-refractivity contribution < 1.29 is 4.79 Å². The SMILES string of the molecule is Cc1ccc2sc(N(CCN(C)C)C(=O)C34CC5CC(CC(C5)C3)C4)nc2c1C.Cl. The second-order valence-electron chi connectivity index (χ2n) is 10.3. The number of thiazole rings is 1. The van der Waals surface area contributed by atoms with Crippen LogP contribution in [0.15, 0.2) is 12.1 Å². The first-order valence-electron chi connectivity index (χ1n) is 11.2. The number of fused-ring (bicyclic) bond motifs is 1. The van der Waals surface area contributed by atoms with Crippen LogP contribution in [0.1, 0.15) is 49.7 Å². The number of benzene rings is 1. The van der Waals surface area contributed by atoms with Gasteiger partial charge in [-0.1, -0.05) is 17.4 Å². The first kappa shape index (κ1) is 22.0. The van der Waals surface area contributed by atoms with Crippen LogP contribution in [0.2, 0.25) is 0 Å². The van der Waals surface area contributed by atoms with Crippen molar-refractivity contribution in [1.29, 1.82) is 0 Å². The number of rotatable bonds is 5. The molecule has 2 aromatic rings. The number of nitrogens with zero attached hydrogens (tertiary/aromatic N) is 3. The van der Waals surface area contributed by atoms with Crippen LogP contribution in [0.3, 0.4) is 0 Å². The van der Waals surface area contributed by atoms with Gasteiger partial charge in [0.15, 0.2) is 5.13 Å². The molecule has 4 fully saturated rings. The van der Waals surface area contributed by atoms with Gasteiger partial charge >= 0.3 is 0 Å². The molecule has 0 spiro atoms. The smallest absolute Gasteiger partial charge is 0.235 e. The molecule has 4 aliphatic carbocycles. The van der Waals surface area contributed by atoms with E-state index in [1.54, 1.807) is 11.3 Å². The van der Waals surface area contributed by atoms with Gasteiger partial charge in [-0.25, -0.2) is 4.98 Å². The molecule has 0 radical (unpaired) electrons. The third-order valence-corrected chi connectivity index (χ3v) is 8.86. The number of likely N-dealkylation sites (N-methyl/N-ethyl adjacent to an activating group) is 1. The minimum Gasteiger partial charge on any atom is -0.308 e. The second-order valence-corrected chi connectivity index (χ2v) is 11.3. The summed E-state index contributed by atoms with van der Waals surface area (Å²) in [5.74, 6) is 2.70. The van der Waals surface area contributed by atoms with Crippen LogP contribution >= 0.6 is 23.7 Å². The minimum absolute atomic E-state index is 0. The molecule has 0 N–H and O–H groups in total. The zero-order valence-electron chi connectivity index (χ0n) is 18.6. The summed E-state index contributed by atoms with van der Waals surface area (Å²) in [6.07, 6.45) is 7.43. The molecule has 164 valence electrons. The normalized spacial score (nSPS) is 29.4. The Morgan fingerprint density at radius 1 is 1.07 bits per heavy atom. The van der Waals surface area contributed by atoms with Crippen molar-refractivity contribution in [3.05, 3.63) is 23.3 Å². The quantitative estimate of drug-likeness (QED) is 0.611. The monoisotopic (exact) mass is 447 g/mol. The van der Waals surface area contributed by atoms with E-state index < -0.39 is 0 Å². The van der Waals surface area contributed by atoms with Crippen molar-refractivity contribution >= 4 is 45.0 Å². The molecule has 4 aliphatic rings. The van der Waals surface area contributed by atoms with Crippen LogP contribution in [0.5, 0.6) is 0 Å². The average Bonchev–Trinajstić information content (AvgIpc) is 3.08. The highest BCUT2D eigenvalue weighted by molar-refractivity contribution is 7.22. The Morgan fingerprint density at radius 3 is 2.23 bits per heavy atom. The van der Waals surface area contributed by atoms with Crippen molar-refractivity contribution in [3.8, 4) is 0 Å². The van der Waals surface area contributed by atoms with Crippen molar-refractivity contribution in [3.63, 3.8) is 0 Å². The van der Waals surface area contributed by atoms with Crippen molar-refractivity contribution in [2.75, 3.05) is 32.1 Å². The fraction of sp³-hybridized carbons (Fsp3) is 0.667. The molecule has 1 aromatic carbocycles. The maximum absolute atomic E-state index is 14.1. The standard InChI is InChI=1S/C24H33N3OS.ClH/c1-15-5-6-20-21(16(15)2)25-23(29-20)27(8-7-26(3)4)22(28)24-12-17-9-18(13-24)11-19(10-17)14-24;/h5-6,17-19H,7-14H2,1-4H3;1H. The van der Waals surface area contributed by atoms with Crippen LogP contribution in [0, 0.1) is 37.0 Å². The highest BCUT2D eigenvalue weighted by Crippen LogP contribution is 2.60. The predicted molar refractivity (Wildman–Crippen MR) is 128 cm³/mol. The zero-order valence-corrected chi connectivity index (χ0v) is 20.2. The molecule has 1 aromatic heterocycles. The van der Waals surface area contributed by atoms with Crippen molar-refractivity contribution in [2.45, 2.75) is 52.4 Å². The molecule has 1 heterocycles. The van der Waals surface area contributed by atoms with Crippen molar-refractivity contribution in [2.24, 2.45) is 23.2 Å². The summed E-state index contributed by atoms with van der Waals surface area (Å²) in [4.78, 5) is 23.3. The topological polar surface area (TPSA) is 36.4 Å². The van der Waals surface area contributed by atoms with Gasteiger partial charge in [0.25, 0.3) is 0 Å². The maximum Gasteiger partial charge on any atom is 0.235 e. The fourth-order valence-corrected chi connectivity index (χ4v) is 7.62. The fourth-order valence-electron chi connectivity index (χ4n) is 6.57. The molecule has 0 saturated heterocycles. The van der Waals surface area contributed by atoms with E-state index in [0.29, 0.717) is 5.91 Å². The molecule has 4 bridgehead atoms. The number of amides is 1. The van der Waals surface area contributed by atoms with E-state index in [0.717, 1.165) is 60.8 Å². The van der Waals surface area contributed by atoms with Gasteiger partial charge in [0.05, 0.1) is 15.6 Å². The Morgan fingerprint density at radius 2 is 1.67 bits per heavy atom. The zero-order chi connectivity index (χ0) is 20.3. The van der Waals surface area contributed by atoms with Crippen LogP contribution < -0.4 is 4.90 Å². The number of anilines is 1. The predicted octanol–water partition coefficient (Wildman–Crippen LogP) is 5.45. The van der Waals surface area contributed by atoms with E-state index in [4.69, 9.17) is 4.98 Å². The van der Waals surface area contributed by atoms with E-state index in [-0.39, 0.29) is 17.8 Å². The van der Waals surface area contributed by atoms with E-state index in [9.17, 15) is 4.79 Å². The first-order valence-corrected chi connectivity index (χ1v) is 12.0. The number of carbonyl (C=O) groups is 1. The van der Waals surface area contributed by atoms with E-state index >= 15 is 0 Å². The number of hydrogen-bond donors (Lipinski definition) is 0. The van der Waals surface area contributed by atoms with Gasteiger partial charge in [0.2, 0.25) is 5.91 Å². The molecule has 0 aliphatic heterocycles. The summed E-state index contributed by atoms with van der Waals surface area (Å²) < 4.78 is 1.19. The highest BCUT2D eigenvalue weighted by Gasteiger charge is 2.56. The minimum atomic E-state index is -0.121. The summed E-state index contributed by atoms with van der Waals surface area (Å²) in [5, 5.41) is 0.899. The van der Waals surface area contributed by atoms with Gasteiger partial charge in [0.1, 0.15) is 0 Å². The lowest BCUT2D eigenvalue weighted by atomic mass is 9.49. The molecule has 1 amide bonds. The summed E-state index contributed by atoms with van der Waals surface area (Å²) in [6, 6.07) is 4.34. The van der Waals surface area contributed by atoms with E-state index in [1.807, 2.05) is 0 Å². The highest BCUT2D eigenvalue weighted by atomic mass is 35.5. The molecule has 6 rings (SSSR count). The average molecular weight is 448 g/mol. The lowest BCUT2D eigenvalue weighted by Gasteiger charge is -2.56. The molecule has 4 saturated carbocycles. The van der Waals surface area contributed by atoms with Crippen LogP contribution in [-0.2, 0) is 4.79 Å². The Hall–Kier alpha value is -1.17. The van der Waals surface area contributed by atoms with Crippen LogP contribution in [0.4, 0.5) is 5.13 Å². The summed E-state index contributed by atoms with van der Waals surface area (Å²) in [5.41, 5.74) is 3.45. The second kappa shape index (κ2) is 8.07.